The number of benzene rings is 1. The first-order chi connectivity index (χ1) is 8.49. The number of aliphatic hydroxyl groups excluding tert-OH is 1. The van der Waals surface area contributed by atoms with Gasteiger partial charge in [0.05, 0.1) is 6.10 Å². The Kier molecular flexibility index (Phi) is 3.63. The summed E-state index contributed by atoms with van der Waals surface area (Å²) in [6.07, 6.45) is -0.412. The van der Waals surface area contributed by atoms with E-state index < -0.39 is 12.1 Å². The Balaban J connectivity index is 2.18. The summed E-state index contributed by atoms with van der Waals surface area (Å²) in [5, 5.41) is 9.24. The fraction of sp³-hybridized carbons (Fsp3) is 0.462. The van der Waals surface area contributed by atoms with E-state index >= 15 is 0 Å². The highest BCUT2D eigenvalue weighted by atomic mass is 19.1. The number of hydrogen-bond acceptors (Lipinski definition) is 3. The molecule has 98 valence electrons. The summed E-state index contributed by atoms with van der Waals surface area (Å²) in [5.41, 5.74) is 0.757. The van der Waals surface area contributed by atoms with E-state index in [0.717, 1.165) is 5.56 Å². The standard InChI is InChI=1S/C13H17FN2O2/c1-15(2)12(9-3-5-10(14)6-4-9)13(18)16-7-11(17)8-16/h3-6,11-12,17H,7-8H2,1-2H3. The molecule has 0 spiro atoms. The quantitative estimate of drug-likeness (QED) is 0.858. The normalized spacial score (nSPS) is 17.7. The number of halogens is 1. The van der Waals surface area contributed by atoms with Crippen LogP contribution in [0, 0.1) is 5.82 Å². The lowest BCUT2D eigenvalue weighted by atomic mass is 10.0. The second-order valence-electron chi connectivity index (χ2n) is 4.81. The van der Waals surface area contributed by atoms with Gasteiger partial charge in [-0.25, -0.2) is 4.39 Å². The van der Waals surface area contributed by atoms with Crippen molar-refractivity contribution in [2.24, 2.45) is 0 Å². The molecule has 1 aliphatic rings. The zero-order chi connectivity index (χ0) is 13.3. The van der Waals surface area contributed by atoms with Crippen molar-refractivity contribution in [3.63, 3.8) is 0 Å². The zero-order valence-corrected chi connectivity index (χ0v) is 10.5. The minimum Gasteiger partial charge on any atom is -0.389 e. The summed E-state index contributed by atoms with van der Waals surface area (Å²) in [7, 11) is 3.62. The summed E-state index contributed by atoms with van der Waals surface area (Å²) < 4.78 is 12.9. The van der Waals surface area contributed by atoms with Crippen LogP contribution in [-0.4, -0.2) is 54.1 Å². The SMILES string of the molecule is CN(C)C(C(=O)N1CC(O)C1)c1ccc(F)cc1. The van der Waals surface area contributed by atoms with Gasteiger partial charge >= 0.3 is 0 Å². The van der Waals surface area contributed by atoms with E-state index in [1.54, 1.807) is 21.9 Å². The topological polar surface area (TPSA) is 43.8 Å². The van der Waals surface area contributed by atoms with Crippen LogP contribution in [0.3, 0.4) is 0 Å². The third-order valence-corrected chi connectivity index (χ3v) is 3.11. The molecule has 0 bridgehead atoms. The Morgan fingerprint density at radius 1 is 1.39 bits per heavy atom. The molecule has 1 N–H and O–H groups in total. The maximum absolute atomic E-state index is 12.9. The molecule has 1 fully saturated rings. The second-order valence-corrected chi connectivity index (χ2v) is 4.81. The first-order valence-corrected chi connectivity index (χ1v) is 5.88. The fourth-order valence-electron chi connectivity index (χ4n) is 2.11. The molecule has 1 heterocycles. The summed E-state index contributed by atoms with van der Waals surface area (Å²) >= 11 is 0. The van der Waals surface area contributed by atoms with Crippen LogP contribution >= 0.6 is 0 Å². The van der Waals surface area contributed by atoms with Gasteiger partial charge in [0.1, 0.15) is 11.9 Å². The van der Waals surface area contributed by atoms with Gasteiger partial charge in [-0.1, -0.05) is 12.1 Å². The molecule has 1 aromatic rings. The van der Waals surface area contributed by atoms with E-state index in [1.807, 2.05) is 14.1 Å². The number of likely N-dealkylation sites (N-methyl/N-ethyl adjacent to an activating group) is 1. The monoisotopic (exact) mass is 252 g/mol. The highest BCUT2D eigenvalue weighted by Gasteiger charge is 2.34. The smallest absolute Gasteiger partial charge is 0.244 e. The van der Waals surface area contributed by atoms with Gasteiger partial charge < -0.3 is 10.0 Å². The maximum atomic E-state index is 12.9. The molecular formula is C13H17FN2O2. The minimum atomic E-state index is -0.432. The molecule has 0 aromatic heterocycles. The first-order valence-electron chi connectivity index (χ1n) is 5.88. The average molecular weight is 252 g/mol. The van der Waals surface area contributed by atoms with Gasteiger partial charge in [0, 0.05) is 13.1 Å². The molecule has 1 atom stereocenters. The Morgan fingerprint density at radius 3 is 2.39 bits per heavy atom. The van der Waals surface area contributed by atoms with E-state index in [9.17, 15) is 14.3 Å². The summed E-state index contributed by atoms with van der Waals surface area (Å²) in [6, 6.07) is 5.51. The van der Waals surface area contributed by atoms with E-state index in [1.165, 1.54) is 12.1 Å². The Labute approximate surface area is 106 Å². The number of aliphatic hydroxyl groups is 1. The van der Waals surface area contributed by atoms with E-state index in [-0.39, 0.29) is 11.7 Å². The molecule has 5 heteroatoms. The third kappa shape index (κ3) is 2.52. The largest absolute Gasteiger partial charge is 0.389 e. The number of nitrogens with zero attached hydrogens (tertiary/aromatic N) is 2. The molecule has 2 rings (SSSR count). The van der Waals surface area contributed by atoms with E-state index in [0.29, 0.717) is 13.1 Å². The van der Waals surface area contributed by atoms with Crippen LogP contribution in [0.15, 0.2) is 24.3 Å². The molecule has 1 aromatic carbocycles. The van der Waals surface area contributed by atoms with E-state index in [4.69, 9.17) is 0 Å². The molecule has 18 heavy (non-hydrogen) atoms. The number of carbonyl (C=O) groups is 1. The van der Waals surface area contributed by atoms with Crippen molar-refractivity contribution in [3.8, 4) is 0 Å². The van der Waals surface area contributed by atoms with Crippen molar-refractivity contribution >= 4 is 5.91 Å². The minimum absolute atomic E-state index is 0.0584. The molecule has 0 aliphatic carbocycles. The predicted molar refractivity (Wildman–Crippen MR) is 65.4 cm³/mol. The molecule has 1 saturated heterocycles. The van der Waals surface area contributed by atoms with E-state index in [2.05, 4.69) is 0 Å². The lowest BCUT2D eigenvalue weighted by Gasteiger charge is -2.39. The fourth-order valence-corrected chi connectivity index (χ4v) is 2.11. The lowest BCUT2D eigenvalue weighted by Crippen LogP contribution is -2.56. The van der Waals surface area contributed by atoms with Crippen molar-refractivity contribution in [1.82, 2.24) is 9.80 Å². The predicted octanol–water partition coefficient (Wildman–Crippen LogP) is 0.631. The number of β-amino-alcohol motifs (C(OH)–C–C–N with tert-alkyl or cyclic N) is 1. The molecule has 4 nitrogen and oxygen atoms in total. The number of carbonyl (C=O) groups excluding carboxylic acids is 1. The summed E-state index contributed by atoms with van der Waals surface area (Å²) in [4.78, 5) is 15.7. The van der Waals surface area contributed by atoms with Crippen molar-refractivity contribution in [3.05, 3.63) is 35.6 Å². The average Bonchev–Trinajstić information content (AvgIpc) is 2.27. The van der Waals surface area contributed by atoms with Crippen molar-refractivity contribution in [1.29, 1.82) is 0 Å². The van der Waals surface area contributed by atoms with Crippen LogP contribution in [0.2, 0.25) is 0 Å². The van der Waals surface area contributed by atoms with Crippen molar-refractivity contribution in [2.75, 3.05) is 27.2 Å². The number of hydrogen-bond donors (Lipinski definition) is 1. The lowest BCUT2D eigenvalue weighted by molar-refractivity contribution is -0.146. The maximum Gasteiger partial charge on any atom is 0.244 e. The third-order valence-electron chi connectivity index (χ3n) is 3.11. The van der Waals surface area contributed by atoms with Gasteiger partial charge in [0.25, 0.3) is 0 Å². The van der Waals surface area contributed by atoms with Gasteiger partial charge in [-0.3, -0.25) is 9.69 Å². The van der Waals surface area contributed by atoms with Gasteiger partial charge in [-0.05, 0) is 31.8 Å². The van der Waals surface area contributed by atoms with Gasteiger partial charge in [0.15, 0.2) is 0 Å². The molecule has 0 radical (unpaired) electrons. The molecule has 1 aliphatic heterocycles. The molecule has 1 amide bonds. The Morgan fingerprint density at radius 2 is 1.94 bits per heavy atom. The number of rotatable bonds is 3. The van der Waals surface area contributed by atoms with Gasteiger partial charge in [-0.2, -0.15) is 0 Å². The van der Waals surface area contributed by atoms with Gasteiger partial charge in [0.2, 0.25) is 5.91 Å². The highest BCUT2D eigenvalue weighted by Crippen LogP contribution is 2.23. The highest BCUT2D eigenvalue weighted by molar-refractivity contribution is 5.84. The van der Waals surface area contributed by atoms with Crippen molar-refractivity contribution in [2.45, 2.75) is 12.1 Å². The molecule has 0 saturated carbocycles. The summed E-state index contributed by atoms with van der Waals surface area (Å²) in [5.74, 6) is -0.375. The Bertz CT molecular complexity index is 427. The van der Waals surface area contributed by atoms with Crippen LogP contribution in [0.5, 0.6) is 0 Å². The molecule has 1 unspecified atom stereocenters. The van der Waals surface area contributed by atoms with Crippen LogP contribution in [-0.2, 0) is 4.79 Å². The zero-order valence-electron chi connectivity index (χ0n) is 10.5. The van der Waals surface area contributed by atoms with Crippen LogP contribution in [0.25, 0.3) is 0 Å². The first kappa shape index (κ1) is 13.0. The second kappa shape index (κ2) is 5.04. The molecular weight excluding hydrogens is 235 g/mol. The van der Waals surface area contributed by atoms with Crippen molar-refractivity contribution < 1.29 is 14.3 Å². The summed E-state index contributed by atoms with van der Waals surface area (Å²) in [6.45, 7) is 0.759. The number of amides is 1. The Hall–Kier alpha value is -1.46. The van der Waals surface area contributed by atoms with Crippen LogP contribution < -0.4 is 0 Å². The van der Waals surface area contributed by atoms with Crippen LogP contribution in [0.4, 0.5) is 4.39 Å². The van der Waals surface area contributed by atoms with Crippen LogP contribution in [0.1, 0.15) is 11.6 Å². The van der Waals surface area contributed by atoms with Gasteiger partial charge in [-0.15, -0.1) is 0 Å². The number of likely N-dealkylation sites (tertiary alicyclic amines) is 1.